The molecule has 0 fully saturated rings. The molecule has 96 valence electrons. The summed E-state index contributed by atoms with van der Waals surface area (Å²) in [6.07, 6.45) is 3.13. The Hall–Kier alpha value is -0.670. The summed E-state index contributed by atoms with van der Waals surface area (Å²) in [6.45, 7) is 4.37. The van der Waals surface area contributed by atoms with Crippen molar-refractivity contribution in [2.24, 2.45) is 5.73 Å². The highest BCUT2D eigenvalue weighted by molar-refractivity contribution is 7.98. The van der Waals surface area contributed by atoms with E-state index in [1.165, 1.54) is 11.3 Å². The fourth-order valence-electron chi connectivity index (χ4n) is 1.80. The Balaban J connectivity index is 2.73. The lowest BCUT2D eigenvalue weighted by atomic mass is 10.0. The number of benzene rings is 1. The third-order valence-corrected chi connectivity index (χ3v) is 4.05. The molecule has 0 saturated heterocycles. The Labute approximate surface area is 110 Å². The van der Waals surface area contributed by atoms with Crippen molar-refractivity contribution in [3.63, 3.8) is 0 Å². The van der Waals surface area contributed by atoms with Crippen LogP contribution >= 0.6 is 11.8 Å². The normalized spacial score (nSPS) is 14.4. The summed E-state index contributed by atoms with van der Waals surface area (Å²) in [4.78, 5) is 2.32. The van der Waals surface area contributed by atoms with Crippen molar-refractivity contribution in [2.75, 3.05) is 24.0 Å². The van der Waals surface area contributed by atoms with Crippen LogP contribution in [-0.2, 0) is 0 Å². The highest BCUT2D eigenvalue weighted by Crippen LogP contribution is 2.21. The van der Waals surface area contributed by atoms with Crippen LogP contribution in [0.5, 0.6) is 0 Å². The summed E-state index contributed by atoms with van der Waals surface area (Å²) >= 11 is 1.88. The predicted octanol–water partition coefficient (Wildman–Crippen LogP) is 3.28. The molecule has 17 heavy (non-hydrogen) atoms. The van der Waals surface area contributed by atoms with Gasteiger partial charge in [0.15, 0.2) is 0 Å². The number of nitrogens with two attached hydrogens (primary N) is 1. The highest BCUT2D eigenvalue weighted by Gasteiger charge is 2.10. The monoisotopic (exact) mass is 252 g/mol. The molecule has 0 radical (unpaired) electrons. The van der Waals surface area contributed by atoms with Crippen molar-refractivity contribution in [1.82, 2.24) is 0 Å². The van der Waals surface area contributed by atoms with Crippen LogP contribution in [0.15, 0.2) is 24.3 Å². The van der Waals surface area contributed by atoms with Crippen LogP contribution in [0.3, 0.4) is 0 Å². The van der Waals surface area contributed by atoms with E-state index in [0.717, 1.165) is 12.2 Å². The number of thioether (sulfide) groups is 1. The first kappa shape index (κ1) is 14.4. The lowest BCUT2D eigenvalue weighted by Gasteiger charge is -2.27. The molecule has 0 aromatic heterocycles. The molecule has 0 aliphatic rings. The van der Waals surface area contributed by atoms with Crippen LogP contribution < -0.4 is 10.6 Å². The van der Waals surface area contributed by atoms with Gasteiger partial charge < -0.3 is 10.6 Å². The largest absolute Gasteiger partial charge is 0.371 e. The zero-order valence-electron chi connectivity index (χ0n) is 11.3. The Morgan fingerprint density at radius 3 is 2.35 bits per heavy atom. The second kappa shape index (κ2) is 6.92. The van der Waals surface area contributed by atoms with E-state index in [4.69, 9.17) is 5.73 Å². The third kappa shape index (κ3) is 3.93. The highest BCUT2D eigenvalue weighted by atomic mass is 32.2. The fraction of sp³-hybridized carbons (Fsp3) is 0.571. The lowest BCUT2D eigenvalue weighted by molar-refractivity contribution is 0.698. The Kier molecular flexibility index (Phi) is 5.86. The molecule has 0 saturated carbocycles. The first-order valence-corrected chi connectivity index (χ1v) is 7.56. The van der Waals surface area contributed by atoms with Gasteiger partial charge in [-0.25, -0.2) is 0 Å². The van der Waals surface area contributed by atoms with Gasteiger partial charge in [0, 0.05) is 30.6 Å². The Morgan fingerprint density at radius 2 is 1.88 bits per heavy atom. The molecule has 0 heterocycles. The van der Waals surface area contributed by atoms with Crippen molar-refractivity contribution in [3.8, 4) is 0 Å². The zero-order valence-corrected chi connectivity index (χ0v) is 12.1. The van der Waals surface area contributed by atoms with Gasteiger partial charge in [0.1, 0.15) is 0 Å². The van der Waals surface area contributed by atoms with E-state index in [1.54, 1.807) is 0 Å². The molecule has 1 rings (SSSR count). The number of rotatable bonds is 6. The van der Waals surface area contributed by atoms with Crippen LogP contribution in [0.1, 0.15) is 31.9 Å². The number of hydrogen-bond donors (Lipinski definition) is 1. The van der Waals surface area contributed by atoms with E-state index < -0.39 is 0 Å². The summed E-state index contributed by atoms with van der Waals surface area (Å²) < 4.78 is 0. The molecule has 1 aromatic carbocycles. The average molecular weight is 252 g/mol. The average Bonchev–Trinajstić information content (AvgIpc) is 2.37. The van der Waals surface area contributed by atoms with Crippen LogP contribution in [-0.4, -0.2) is 25.1 Å². The van der Waals surface area contributed by atoms with Gasteiger partial charge >= 0.3 is 0 Å². The lowest BCUT2D eigenvalue weighted by Crippen LogP contribution is -2.30. The fourth-order valence-corrected chi connectivity index (χ4v) is 2.51. The molecule has 3 heteroatoms. The quantitative estimate of drug-likeness (QED) is 0.842. The van der Waals surface area contributed by atoms with Gasteiger partial charge in [-0.15, -0.1) is 0 Å². The molecule has 0 amide bonds. The molecule has 2 N–H and O–H groups in total. The van der Waals surface area contributed by atoms with E-state index >= 15 is 0 Å². The standard InChI is InChI=1S/C14H24N2S/c1-5-14(15)12-6-8-13(9-7-12)16(3)11(2)10-17-4/h6-9,11,14H,5,10,15H2,1-4H3/t11?,14-/m1/s1. The number of anilines is 1. The van der Waals surface area contributed by atoms with Crippen LogP contribution in [0.2, 0.25) is 0 Å². The van der Waals surface area contributed by atoms with Crippen molar-refractivity contribution in [2.45, 2.75) is 32.4 Å². The molecule has 0 aliphatic carbocycles. The Morgan fingerprint density at radius 1 is 1.29 bits per heavy atom. The third-order valence-electron chi connectivity index (χ3n) is 3.24. The minimum Gasteiger partial charge on any atom is -0.371 e. The zero-order chi connectivity index (χ0) is 12.8. The molecular weight excluding hydrogens is 228 g/mol. The van der Waals surface area contributed by atoms with Gasteiger partial charge in [-0.2, -0.15) is 11.8 Å². The first-order chi connectivity index (χ1) is 8.10. The predicted molar refractivity (Wildman–Crippen MR) is 79.9 cm³/mol. The smallest absolute Gasteiger partial charge is 0.0366 e. The van der Waals surface area contributed by atoms with E-state index in [2.05, 4.69) is 56.3 Å². The van der Waals surface area contributed by atoms with Gasteiger partial charge in [0.2, 0.25) is 0 Å². The molecule has 2 atom stereocenters. The summed E-state index contributed by atoms with van der Waals surface area (Å²) in [5.74, 6) is 1.15. The summed E-state index contributed by atoms with van der Waals surface area (Å²) in [7, 11) is 2.15. The molecule has 1 aromatic rings. The topological polar surface area (TPSA) is 29.3 Å². The molecule has 1 unspecified atom stereocenters. The van der Waals surface area contributed by atoms with Gasteiger partial charge in [0.25, 0.3) is 0 Å². The van der Waals surface area contributed by atoms with Crippen molar-refractivity contribution >= 4 is 17.4 Å². The van der Waals surface area contributed by atoms with Crippen molar-refractivity contribution < 1.29 is 0 Å². The van der Waals surface area contributed by atoms with E-state index in [1.807, 2.05) is 11.8 Å². The van der Waals surface area contributed by atoms with Gasteiger partial charge in [-0.3, -0.25) is 0 Å². The minimum atomic E-state index is 0.165. The summed E-state index contributed by atoms with van der Waals surface area (Å²) in [5.41, 5.74) is 8.50. The second-order valence-electron chi connectivity index (χ2n) is 4.52. The maximum Gasteiger partial charge on any atom is 0.0366 e. The van der Waals surface area contributed by atoms with E-state index in [0.29, 0.717) is 6.04 Å². The van der Waals surface area contributed by atoms with Crippen LogP contribution in [0, 0.1) is 0 Å². The molecule has 0 bridgehead atoms. The molecule has 0 aliphatic heterocycles. The number of hydrogen-bond acceptors (Lipinski definition) is 3. The maximum absolute atomic E-state index is 6.01. The molecular formula is C14H24N2S. The number of nitrogens with zero attached hydrogens (tertiary/aromatic N) is 1. The van der Waals surface area contributed by atoms with Gasteiger partial charge in [-0.05, 0) is 37.3 Å². The first-order valence-electron chi connectivity index (χ1n) is 6.17. The SMILES string of the molecule is CC[C@@H](N)c1ccc(N(C)C(C)CSC)cc1. The Bertz CT molecular complexity index is 323. The van der Waals surface area contributed by atoms with Crippen molar-refractivity contribution in [1.29, 1.82) is 0 Å². The summed E-state index contributed by atoms with van der Waals surface area (Å²) in [6, 6.07) is 9.34. The van der Waals surface area contributed by atoms with Crippen molar-refractivity contribution in [3.05, 3.63) is 29.8 Å². The van der Waals surface area contributed by atoms with Gasteiger partial charge in [0.05, 0.1) is 0 Å². The molecule has 0 spiro atoms. The minimum absolute atomic E-state index is 0.165. The van der Waals surface area contributed by atoms with Gasteiger partial charge in [-0.1, -0.05) is 19.1 Å². The van der Waals surface area contributed by atoms with E-state index in [9.17, 15) is 0 Å². The van der Waals surface area contributed by atoms with E-state index in [-0.39, 0.29) is 6.04 Å². The summed E-state index contributed by atoms with van der Waals surface area (Å²) in [5, 5.41) is 0. The molecule has 2 nitrogen and oxygen atoms in total. The maximum atomic E-state index is 6.01. The van der Waals surface area contributed by atoms with Crippen LogP contribution in [0.4, 0.5) is 5.69 Å². The van der Waals surface area contributed by atoms with Crippen LogP contribution in [0.25, 0.3) is 0 Å². The second-order valence-corrected chi connectivity index (χ2v) is 5.43.